The monoisotopic (exact) mass is 311 g/mol. The third kappa shape index (κ3) is 3.06. The van der Waals surface area contributed by atoms with Gasteiger partial charge >= 0.3 is 0 Å². The number of nitrogens with zero attached hydrogens (tertiary/aromatic N) is 2. The Morgan fingerprint density at radius 2 is 2.09 bits per heavy atom. The molecule has 1 aromatic carbocycles. The number of aromatic nitrogens is 2. The molecule has 0 bridgehead atoms. The first kappa shape index (κ1) is 14.9. The zero-order valence-corrected chi connectivity index (χ0v) is 13.7. The summed E-state index contributed by atoms with van der Waals surface area (Å²) in [4.78, 5) is 0. The Bertz CT molecular complexity index is 666. The molecule has 4 nitrogen and oxygen atoms in total. The van der Waals surface area contributed by atoms with Gasteiger partial charge in [0.15, 0.2) is 0 Å². The Morgan fingerprint density at radius 1 is 1.22 bits per heavy atom. The van der Waals surface area contributed by atoms with Crippen LogP contribution in [0.3, 0.4) is 0 Å². The van der Waals surface area contributed by atoms with Crippen LogP contribution in [0.5, 0.6) is 0 Å². The molecule has 1 N–H and O–H groups in total. The predicted molar refractivity (Wildman–Crippen MR) is 90.3 cm³/mol. The van der Waals surface area contributed by atoms with Crippen molar-refractivity contribution in [2.45, 2.75) is 37.8 Å². The van der Waals surface area contributed by atoms with Crippen LogP contribution < -0.4 is 5.32 Å². The molecule has 1 fully saturated rings. The molecule has 23 heavy (non-hydrogen) atoms. The largest absolute Gasteiger partial charge is 0.372 e. The molecule has 2 aromatic rings. The fraction of sp³-hybridized carbons (Fsp3) is 0.526. The van der Waals surface area contributed by atoms with Crippen LogP contribution in [-0.2, 0) is 24.6 Å². The van der Waals surface area contributed by atoms with Crippen molar-refractivity contribution in [2.75, 3.05) is 13.2 Å². The average Bonchev–Trinajstić information content (AvgIpc) is 3.21. The van der Waals surface area contributed by atoms with Crippen LogP contribution >= 0.6 is 0 Å². The number of nitrogens with one attached hydrogen (secondary N) is 1. The molecule has 1 saturated heterocycles. The van der Waals surface area contributed by atoms with Crippen LogP contribution in [0.25, 0.3) is 0 Å². The number of aryl methyl sites for hydroxylation is 2. The van der Waals surface area contributed by atoms with Crippen LogP contribution in [0.1, 0.15) is 35.8 Å². The molecule has 2 aliphatic rings. The van der Waals surface area contributed by atoms with Gasteiger partial charge in [-0.25, -0.2) is 0 Å². The van der Waals surface area contributed by atoms with Crippen molar-refractivity contribution < 1.29 is 4.74 Å². The summed E-state index contributed by atoms with van der Waals surface area (Å²) in [6.07, 6.45) is 6.76. The SMILES string of the molecule is Cn1nccc1[C@@H]1OCC[C@H]1CNC1CCc2ccccc2C1. The second-order valence-corrected chi connectivity index (χ2v) is 6.84. The Labute approximate surface area is 137 Å². The summed E-state index contributed by atoms with van der Waals surface area (Å²) in [5, 5.41) is 8.09. The molecule has 1 aromatic heterocycles. The van der Waals surface area contributed by atoms with Crippen molar-refractivity contribution in [1.29, 1.82) is 0 Å². The summed E-state index contributed by atoms with van der Waals surface area (Å²) in [6, 6.07) is 11.5. The first-order valence-electron chi connectivity index (χ1n) is 8.71. The van der Waals surface area contributed by atoms with Crippen molar-refractivity contribution in [2.24, 2.45) is 13.0 Å². The van der Waals surface area contributed by atoms with E-state index in [2.05, 4.69) is 40.7 Å². The van der Waals surface area contributed by atoms with Gasteiger partial charge in [0.25, 0.3) is 0 Å². The molecular weight excluding hydrogens is 286 g/mol. The molecule has 0 amide bonds. The Morgan fingerprint density at radius 3 is 2.91 bits per heavy atom. The van der Waals surface area contributed by atoms with E-state index in [9.17, 15) is 0 Å². The van der Waals surface area contributed by atoms with Gasteiger partial charge in [0.2, 0.25) is 0 Å². The maximum atomic E-state index is 5.99. The highest BCUT2D eigenvalue weighted by atomic mass is 16.5. The van der Waals surface area contributed by atoms with E-state index in [0.717, 1.165) is 26.0 Å². The minimum absolute atomic E-state index is 0.186. The van der Waals surface area contributed by atoms with E-state index in [0.29, 0.717) is 12.0 Å². The highest BCUT2D eigenvalue weighted by Gasteiger charge is 2.32. The van der Waals surface area contributed by atoms with Gasteiger partial charge in [-0.1, -0.05) is 24.3 Å². The normalized spacial score (nSPS) is 27.1. The summed E-state index contributed by atoms with van der Waals surface area (Å²) < 4.78 is 7.93. The third-order valence-electron chi connectivity index (χ3n) is 5.38. The predicted octanol–water partition coefficient (Wildman–Crippen LogP) is 2.64. The summed E-state index contributed by atoms with van der Waals surface area (Å²) >= 11 is 0. The van der Waals surface area contributed by atoms with Crippen molar-refractivity contribution in [3.63, 3.8) is 0 Å². The summed E-state index contributed by atoms with van der Waals surface area (Å²) in [5.74, 6) is 0.544. The van der Waals surface area contributed by atoms with E-state index < -0.39 is 0 Å². The standard InChI is InChI=1S/C19H25N3O/c1-22-18(8-10-21-22)19-16(9-11-23-19)13-20-17-7-6-14-4-2-3-5-15(14)12-17/h2-5,8,10,16-17,19-20H,6-7,9,11-13H2,1H3/t16-,17?,19+/m0/s1. The minimum Gasteiger partial charge on any atom is -0.372 e. The van der Waals surface area contributed by atoms with Gasteiger partial charge in [-0.3, -0.25) is 4.68 Å². The molecule has 1 unspecified atom stereocenters. The second-order valence-electron chi connectivity index (χ2n) is 6.84. The van der Waals surface area contributed by atoms with Gasteiger partial charge in [-0.05, 0) is 42.9 Å². The fourth-order valence-corrected chi connectivity index (χ4v) is 4.02. The van der Waals surface area contributed by atoms with E-state index in [4.69, 9.17) is 4.74 Å². The lowest BCUT2D eigenvalue weighted by atomic mass is 9.88. The van der Waals surface area contributed by atoms with E-state index in [-0.39, 0.29) is 6.10 Å². The Hall–Kier alpha value is -1.65. The minimum atomic E-state index is 0.186. The topological polar surface area (TPSA) is 39.1 Å². The van der Waals surface area contributed by atoms with Crippen LogP contribution in [0.15, 0.2) is 36.5 Å². The lowest BCUT2D eigenvalue weighted by Crippen LogP contribution is -2.38. The molecule has 1 aliphatic carbocycles. The fourth-order valence-electron chi connectivity index (χ4n) is 4.02. The number of fused-ring (bicyclic) bond motifs is 1. The lowest BCUT2D eigenvalue weighted by molar-refractivity contribution is 0.0830. The third-order valence-corrected chi connectivity index (χ3v) is 5.38. The van der Waals surface area contributed by atoms with Gasteiger partial charge < -0.3 is 10.1 Å². The van der Waals surface area contributed by atoms with Crippen molar-refractivity contribution in [3.8, 4) is 0 Å². The summed E-state index contributed by atoms with van der Waals surface area (Å²) in [5.41, 5.74) is 4.24. The van der Waals surface area contributed by atoms with Gasteiger partial charge in [-0.2, -0.15) is 5.10 Å². The number of hydrogen-bond donors (Lipinski definition) is 1. The Balaban J connectivity index is 1.37. The zero-order chi connectivity index (χ0) is 15.6. The van der Waals surface area contributed by atoms with E-state index in [1.54, 1.807) is 0 Å². The quantitative estimate of drug-likeness (QED) is 0.943. The highest BCUT2D eigenvalue weighted by molar-refractivity contribution is 5.30. The molecule has 0 saturated carbocycles. The molecule has 4 rings (SSSR count). The van der Waals surface area contributed by atoms with Crippen LogP contribution in [0.2, 0.25) is 0 Å². The number of rotatable bonds is 4. The molecule has 1 aliphatic heterocycles. The van der Waals surface area contributed by atoms with Crippen molar-refractivity contribution in [1.82, 2.24) is 15.1 Å². The number of benzene rings is 1. The number of ether oxygens (including phenoxy) is 1. The van der Waals surface area contributed by atoms with Gasteiger partial charge in [0.05, 0.1) is 5.69 Å². The second kappa shape index (κ2) is 6.46. The van der Waals surface area contributed by atoms with Crippen LogP contribution in [0.4, 0.5) is 0 Å². The molecule has 122 valence electrons. The van der Waals surface area contributed by atoms with Crippen LogP contribution in [0, 0.1) is 5.92 Å². The average molecular weight is 311 g/mol. The first-order chi connectivity index (χ1) is 11.3. The first-order valence-corrected chi connectivity index (χ1v) is 8.71. The Kier molecular flexibility index (Phi) is 4.19. The van der Waals surface area contributed by atoms with Crippen LogP contribution in [-0.4, -0.2) is 29.0 Å². The summed E-state index contributed by atoms with van der Waals surface area (Å²) in [6.45, 7) is 1.89. The maximum Gasteiger partial charge on any atom is 0.103 e. The van der Waals surface area contributed by atoms with E-state index in [1.807, 2.05) is 17.9 Å². The molecule has 0 radical (unpaired) electrons. The molecule has 3 atom stereocenters. The van der Waals surface area contributed by atoms with Gasteiger partial charge in [-0.15, -0.1) is 0 Å². The molecule has 0 spiro atoms. The van der Waals surface area contributed by atoms with Crippen molar-refractivity contribution >= 4 is 0 Å². The molecule has 2 heterocycles. The zero-order valence-electron chi connectivity index (χ0n) is 13.7. The van der Waals surface area contributed by atoms with Gasteiger partial charge in [0.1, 0.15) is 6.10 Å². The maximum absolute atomic E-state index is 5.99. The lowest BCUT2D eigenvalue weighted by Gasteiger charge is -2.28. The molecule has 4 heteroatoms. The van der Waals surface area contributed by atoms with Crippen molar-refractivity contribution in [3.05, 3.63) is 53.3 Å². The van der Waals surface area contributed by atoms with E-state index >= 15 is 0 Å². The van der Waals surface area contributed by atoms with Gasteiger partial charge in [0, 0.05) is 38.4 Å². The van der Waals surface area contributed by atoms with E-state index in [1.165, 1.54) is 29.7 Å². The number of hydrogen-bond acceptors (Lipinski definition) is 3. The highest BCUT2D eigenvalue weighted by Crippen LogP contribution is 2.34. The summed E-state index contributed by atoms with van der Waals surface area (Å²) in [7, 11) is 2.00. The smallest absolute Gasteiger partial charge is 0.103 e. The molecular formula is C19H25N3O.